The lowest BCUT2D eigenvalue weighted by Gasteiger charge is -2.22. The summed E-state index contributed by atoms with van der Waals surface area (Å²) < 4.78 is 0. The number of thiazole rings is 1. The largest absolute Gasteiger partial charge is 0.389 e. The maximum atomic E-state index is 10.2. The number of nitrogens with one attached hydrogen (secondary N) is 1. The molecule has 0 saturated heterocycles. The van der Waals surface area contributed by atoms with Crippen molar-refractivity contribution < 1.29 is 5.11 Å². The van der Waals surface area contributed by atoms with Gasteiger partial charge in [-0.15, -0.1) is 11.3 Å². The molecule has 3 nitrogen and oxygen atoms in total. The van der Waals surface area contributed by atoms with E-state index in [0.717, 1.165) is 32.2 Å². The minimum absolute atomic E-state index is 0.453. The average Bonchev–Trinajstić information content (AvgIpc) is 2.88. The van der Waals surface area contributed by atoms with Crippen LogP contribution in [0.3, 0.4) is 0 Å². The molecule has 17 heavy (non-hydrogen) atoms. The Kier molecular flexibility index (Phi) is 4.17. The van der Waals surface area contributed by atoms with E-state index in [-0.39, 0.29) is 0 Å². The van der Waals surface area contributed by atoms with E-state index < -0.39 is 5.60 Å². The van der Waals surface area contributed by atoms with E-state index in [1.807, 2.05) is 6.20 Å². The first-order valence-electron chi connectivity index (χ1n) is 6.47. The summed E-state index contributed by atoms with van der Waals surface area (Å²) in [6, 6.07) is 0. The summed E-state index contributed by atoms with van der Waals surface area (Å²) in [6.07, 6.45) is 6.16. The molecule has 0 radical (unpaired) electrons. The van der Waals surface area contributed by atoms with Gasteiger partial charge >= 0.3 is 0 Å². The number of hydrogen-bond donors (Lipinski definition) is 2. The molecule has 0 spiro atoms. The molecule has 0 amide bonds. The molecule has 4 heteroatoms. The smallest absolute Gasteiger partial charge is 0.0953 e. The van der Waals surface area contributed by atoms with Gasteiger partial charge < -0.3 is 10.4 Å². The van der Waals surface area contributed by atoms with Crippen LogP contribution in [0, 0.1) is 0 Å². The molecule has 1 aliphatic rings. The van der Waals surface area contributed by atoms with Crippen molar-refractivity contribution in [3.63, 3.8) is 0 Å². The molecule has 96 valence electrons. The van der Waals surface area contributed by atoms with Crippen LogP contribution < -0.4 is 5.32 Å². The molecule has 1 saturated carbocycles. The van der Waals surface area contributed by atoms with Gasteiger partial charge in [0.15, 0.2) is 0 Å². The molecule has 0 bridgehead atoms. The Morgan fingerprint density at radius 1 is 1.47 bits per heavy atom. The molecule has 1 heterocycles. The predicted molar refractivity (Wildman–Crippen MR) is 71.3 cm³/mol. The minimum Gasteiger partial charge on any atom is -0.389 e. The van der Waals surface area contributed by atoms with E-state index >= 15 is 0 Å². The Bertz CT molecular complexity index is 356. The van der Waals surface area contributed by atoms with Crippen LogP contribution >= 0.6 is 11.3 Å². The van der Waals surface area contributed by atoms with Gasteiger partial charge in [0, 0.05) is 30.1 Å². The Hall–Kier alpha value is -0.450. The first kappa shape index (κ1) is 13.0. The summed E-state index contributed by atoms with van der Waals surface area (Å²) >= 11 is 1.77. The van der Waals surface area contributed by atoms with Crippen molar-refractivity contribution in [2.45, 2.75) is 57.6 Å². The lowest BCUT2D eigenvalue weighted by Crippen LogP contribution is -2.37. The monoisotopic (exact) mass is 254 g/mol. The van der Waals surface area contributed by atoms with Gasteiger partial charge in [-0.05, 0) is 12.8 Å². The average molecular weight is 254 g/mol. The lowest BCUT2D eigenvalue weighted by atomic mass is 10.0. The van der Waals surface area contributed by atoms with E-state index in [1.165, 1.54) is 9.88 Å². The fraction of sp³-hybridized carbons (Fsp3) is 0.769. The molecule has 1 aromatic rings. The Morgan fingerprint density at radius 2 is 2.18 bits per heavy atom. The first-order chi connectivity index (χ1) is 8.09. The standard InChI is InChI=1S/C13H22N2OS/c1-10(2)12-15-8-11(17-12)7-14-9-13(16)5-3-4-6-13/h8,10,14,16H,3-7,9H2,1-2H3. The van der Waals surface area contributed by atoms with Gasteiger partial charge in [-0.1, -0.05) is 26.7 Å². The van der Waals surface area contributed by atoms with Gasteiger partial charge in [-0.25, -0.2) is 4.98 Å². The maximum absolute atomic E-state index is 10.2. The third kappa shape index (κ3) is 3.50. The van der Waals surface area contributed by atoms with Gasteiger partial charge in [0.1, 0.15) is 0 Å². The van der Waals surface area contributed by atoms with Crippen molar-refractivity contribution in [3.8, 4) is 0 Å². The van der Waals surface area contributed by atoms with Crippen LogP contribution in [0.5, 0.6) is 0 Å². The van der Waals surface area contributed by atoms with Crippen LogP contribution in [-0.4, -0.2) is 22.2 Å². The normalized spacial score (nSPS) is 19.1. The minimum atomic E-state index is -0.453. The summed E-state index contributed by atoms with van der Waals surface area (Å²) in [6.45, 7) is 5.86. The molecule has 1 aromatic heterocycles. The van der Waals surface area contributed by atoms with Crippen LogP contribution in [0.4, 0.5) is 0 Å². The van der Waals surface area contributed by atoms with Gasteiger partial charge in [0.05, 0.1) is 10.6 Å². The quantitative estimate of drug-likeness (QED) is 0.849. The second kappa shape index (κ2) is 5.46. The zero-order chi connectivity index (χ0) is 12.3. The summed E-state index contributed by atoms with van der Waals surface area (Å²) in [4.78, 5) is 5.66. The highest BCUT2D eigenvalue weighted by atomic mass is 32.1. The number of hydrogen-bond acceptors (Lipinski definition) is 4. The summed E-state index contributed by atoms with van der Waals surface area (Å²) in [5.74, 6) is 0.507. The highest BCUT2D eigenvalue weighted by Crippen LogP contribution is 2.28. The van der Waals surface area contributed by atoms with E-state index in [1.54, 1.807) is 11.3 Å². The van der Waals surface area contributed by atoms with Crippen molar-refractivity contribution in [3.05, 3.63) is 16.1 Å². The van der Waals surface area contributed by atoms with Gasteiger partial charge in [0.2, 0.25) is 0 Å². The molecule has 0 unspecified atom stereocenters. The summed E-state index contributed by atoms with van der Waals surface area (Å²) in [7, 11) is 0. The van der Waals surface area contributed by atoms with Crippen molar-refractivity contribution >= 4 is 11.3 Å². The second-order valence-electron chi connectivity index (χ2n) is 5.35. The zero-order valence-electron chi connectivity index (χ0n) is 10.7. The Morgan fingerprint density at radius 3 is 2.76 bits per heavy atom. The van der Waals surface area contributed by atoms with Crippen LogP contribution in [0.15, 0.2) is 6.20 Å². The van der Waals surface area contributed by atoms with Crippen molar-refractivity contribution in [2.24, 2.45) is 0 Å². The molecule has 0 atom stereocenters. The van der Waals surface area contributed by atoms with E-state index in [2.05, 4.69) is 24.1 Å². The van der Waals surface area contributed by atoms with Gasteiger partial charge in [-0.3, -0.25) is 0 Å². The van der Waals surface area contributed by atoms with E-state index in [0.29, 0.717) is 12.5 Å². The second-order valence-corrected chi connectivity index (χ2v) is 6.50. The summed E-state index contributed by atoms with van der Waals surface area (Å²) in [5, 5.41) is 14.7. The van der Waals surface area contributed by atoms with Crippen LogP contribution in [0.1, 0.15) is 55.3 Å². The van der Waals surface area contributed by atoms with Crippen LogP contribution in [0.2, 0.25) is 0 Å². The Balaban J connectivity index is 1.77. The van der Waals surface area contributed by atoms with E-state index in [4.69, 9.17) is 0 Å². The molecule has 1 aliphatic carbocycles. The topological polar surface area (TPSA) is 45.2 Å². The number of nitrogens with zero attached hydrogens (tertiary/aromatic N) is 1. The van der Waals surface area contributed by atoms with Crippen molar-refractivity contribution in [1.82, 2.24) is 10.3 Å². The molecule has 2 N–H and O–H groups in total. The molecule has 0 aromatic carbocycles. The highest BCUT2D eigenvalue weighted by molar-refractivity contribution is 7.11. The zero-order valence-corrected chi connectivity index (χ0v) is 11.5. The number of rotatable bonds is 5. The fourth-order valence-corrected chi connectivity index (χ4v) is 3.19. The number of aromatic nitrogens is 1. The molecule has 1 fully saturated rings. The summed E-state index contributed by atoms with van der Waals surface area (Å²) in [5.41, 5.74) is -0.453. The molecule has 0 aliphatic heterocycles. The SMILES string of the molecule is CC(C)c1ncc(CNCC2(O)CCCC2)s1. The maximum Gasteiger partial charge on any atom is 0.0953 e. The third-order valence-corrected chi connectivity index (χ3v) is 4.65. The highest BCUT2D eigenvalue weighted by Gasteiger charge is 2.30. The fourth-order valence-electron chi connectivity index (χ4n) is 2.30. The van der Waals surface area contributed by atoms with Gasteiger partial charge in [0.25, 0.3) is 0 Å². The number of aliphatic hydroxyl groups is 1. The molecular weight excluding hydrogens is 232 g/mol. The lowest BCUT2D eigenvalue weighted by molar-refractivity contribution is 0.0475. The van der Waals surface area contributed by atoms with Crippen LogP contribution in [-0.2, 0) is 6.54 Å². The predicted octanol–water partition coefficient (Wildman–Crippen LogP) is 2.66. The van der Waals surface area contributed by atoms with Crippen molar-refractivity contribution in [1.29, 1.82) is 0 Å². The van der Waals surface area contributed by atoms with E-state index in [9.17, 15) is 5.11 Å². The molecular formula is C13H22N2OS. The van der Waals surface area contributed by atoms with Gasteiger partial charge in [-0.2, -0.15) is 0 Å². The third-order valence-electron chi connectivity index (χ3n) is 3.35. The van der Waals surface area contributed by atoms with Crippen LogP contribution in [0.25, 0.3) is 0 Å². The Labute approximate surface area is 107 Å². The first-order valence-corrected chi connectivity index (χ1v) is 7.28. The molecule has 2 rings (SSSR count). The van der Waals surface area contributed by atoms with Crippen molar-refractivity contribution in [2.75, 3.05) is 6.54 Å².